The molecule has 0 atom stereocenters. The molecule has 0 aliphatic heterocycles. The standard InChI is InChI=1S/C20H17N2OS/c23-19(20-11-6-12-24-20)14-22-15-21(13-16-7-2-1-3-8-16)17-9-4-5-10-18(17)22/h1-12,15H,13-14H2/q+1. The number of nitrogens with zero attached hydrogens (tertiary/aromatic N) is 2. The first-order valence-corrected chi connectivity index (χ1v) is 8.77. The van der Waals surface area contributed by atoms with Crippen molar-refractivity contribution in [2.24, 2.45) is 0 Å². The molecule has 2 aromatic carbocycles. The predicted octanol–water partition coefficient (Wildman–Crippen LogP) is 3.92. The second kappa shape index (κ2) is 6.42. The van der Waals surface area contributed by atoms with Crippen LogP contribution >= 0.6 is 11.3 Å². The topological polar surface area (TPSA) is 25.9 Å². The van der Waals surface area contributed by atoms with Crippen LogP contribution in [0.3, 0.4) is 0 Å². The number of benzene rings is 2. The number of thiophene rings is 1. The summed E-state index contributed by atoms with van der Waals surface area (Å²) in [6, 6.07) is 22.4. The highest BCUT2D eigenvalue weighted by Crippen LogP contribution is 2.15. The quantitative estimate of drug-likeness (QED) is 0.401. The van der Waals surface area contributed by atoms with E-state index in [1.54, 1.807) is 0 Å². The molecule has 0 N–H and O–H groups in total. The summed E-state index contributed by atoms with van der Waals surface area (Å²) in [7, 11) is 0. The van der Waals surface area contributed by atoms with Crippen molar-refractivity contribution in [3.63, 3.8) is 0 Å². The Hall–Kier alpha value is -2.72. The molecule has 118 valence electrons. The van der Waals surface area contributed by atoms with Gasteiger partial charge in [-0.1, -0.05) is 48.5 Å². The van der Waals surface area contributed by atoms with Crippen LogP contribution in [0.5, 0.6) is 0 Å². The van der Waals surface area contributed by atoms with Crippen molar-refractivity contribution in [2.75, 3.05) is 0 Å². The van der Waals surface area contributed by atoms with Gasteiger partial charge in [0.25, 0.3) is 0 Å². The highest BCUT2D eigenvalue weighted by molar-refractivity contribution is 7.12. The summed E-state index contributed by atoms with van der Waals surface area (Å²) in [5.41, 5.74) is 3.47. The maximum Gasteiger partial charge on any atom is 0.245 e. The fourth-order valence-electron chi connectivity index (χ4n) is 2.94. The molecule has 4 aromatic rings. The second-order valence-electron chi connectivity index (χ2n) is 5.75. The maximum atomic E-state index is 12.5. The molecule has 2 aromatic heterocycles. The number of hydrogen-bond donors (Lipinski definition) is 0. The third-order valence-corrected chi connectivity index (χ3v) is 5.00. The smallest absolute Gasteiger partial charge is 0.245 e. The van der Waals surface area contributed by atoms with Crippen LogP contribution in [-0.4, -0.2) is 10.4 Å². The number of ketones is 1. The van der Waals surface area contributed by atoms with Crippen molar-refractivity contribution in [1.82, 2.24) is 4.57 Å². The molecule has 24 heavy (non-hydrogen) atoms. The molecule has 0 bridgehead atoms. The summed E-state index contributed by atoms with van der Waals surface area (Å²) in [6.07, 6.45) is 2.04. The van der Waals surface area contributed by atoms with Gasteiger partial charge in [-0.05, 0) is 29.1 Å². The summed E-state index contributed by atoms with van der Waals surface area (Å²) in [5, 5.41) is 1.94. The normalized spacial score (nSPS) is 11.0. The van der Waals surface area contributed by atoms with E-state index >= 15 is 0 Å². The first-order chi connectivity index (χ1) is 11.8. The molecule has 4 heteroatoms. The maximum absolute atomic E-state index is 12.5. The van der Waals surface area contributed by atoms with Crippen molar-refractivity contribution in [2.45, 2.75) is 13.1 Å². The fourth-order valence-corrected chi connectivity index (χ4v) is 3.60. The molecule has 4 rings (SSSR count). The Morgan fingerprint density at radius 3 is 2.54 bits per heavy atom. The Bertz CT molecular complexity index is 971. The monoisotopic (exact) mass is 333 g/mol. The van der Waals surface area contributed by atoms with E-state index in [-0.39, 0.29) is 5.78 Å². The molecule has 2 heterocycles. The summed E-state index contributed by atoms with van der Waals surface area (Å²) >= 11 is 1.50. The molecule has 0 spiro atoms. The third-order valence-electron chi connectivity index (χ3n) is 4.09. The van der Waals surface area contributed by atoms with Gasteiger partial charge in [0.15, 0.2) is 17.6 Å². The van der Waals surface area contributed by atoms with Crippen LogP contribution in [0.15, 0.2) is 78.4 Å². The van der Waals surface area contributed by atoms with Gasteiger partial charge >= 0.3 is 0 Å². The zero-order chi connectivity index (χ0) is 16.4. The first kappa shape index (κ1) is 14.8. The zero-order valence-electron chi connectivity index (χ0n) is 13.1. The summed E-state index contributed by atoms with van der Waals surface area (Å²) in [5.74, 6) is 0.151. The minimum absolute atomic E-state index is 0.151. The molecule has 0 amide bonds. The number of aromatic nitrogens is 2. The lowest BCUT2D eigenvalue weighted by atomic mass is 10.2. The van der Waals surface area contributed by atoms with Gasteiger partial charge in [-0.15, -0.1) is 11.3 Å². The van der Waals surface area contributed by atoms with Crippen molar-refractivity contribution < 1.29 is 9.36 Å². The highest BCUT2D eigenvalue weighted by atomic mass is 32.1. The largest absolute Gasteiger partial charge is 0.289 e. The Balaban J connectivity index is 1.70. The number of rotatable bonds is 5. The average molecular weight is 333 g/mol. The molecule has 0 radical (unpaired) electrons. The number of Topliss-reactive ketones (excluding diaryl/α,β-unsaturated/α-hetero) is 1. The van der Waals surface area contributed by atoms with E-state index < -0.39 is 0 Å². The van der Waals surface area contributed by atoms with Crippen LogP contribution in [0.25, 0.3) is 11.0 Å². The van der Waals surface area contributed by atoms with Crippen LogP contribution < -0.4 is 4.57 Å². The van der Waals surface area contributed by atoms with Gasteiger partial charge in [0.1, 0.15) is 6.54 Å². The van der Waals surface area contributed by atoms with Gasteiger partial charge in [0.2, 0.25) is 12.1 Å². The Kier molecular flexibility index (Phi) is 3.97. The highest BCUT2D eigenvalue weighted by Gasteiger charge is 2.19. The molecular formula is C20H17N2OS+. The van der Waals surface area contributed by atoms with E-state index in [0.717, 1.165) is 22.5 Å². The molecule has 0 saturated carbocycles. The van der Waals surface area contributed by atoms with E-state index in [1.165, 1.54) is 16.9 Å². The van der Waals surface area contributed by atoms with Gasteiger partial charge in [-0.25, -0.2) is 9.13 Å². The summed E-state index contributed by atoms with van der Waals surface area (Å²) < 4.78 is 4.24. The fraction of sp³-hybridized carbons (Fsp3) is 0.100. The van der Waals surface area contributed by atoms with Gasteiger partial charge < -0.3 is 0 Å². The van der Waals surface area contributed by atoms with Crippen LogP contribution in [0.4, 0.5) is 0 Å². The Morgan fingerprint density at radius 1 is 0.958 bits per heavy atom. The molecule has 0 aliphatic carbocycles. The zero-order valence-corrected chi connectivity index (χ0v) is 13.9. The Morgan fingerprint density at radius 2 is 1.75 bits per heavy atom. The van der Waals surface area contributed by atoms with E-state index in [4.69, 9.17) is 0 Å². The lowest BCUT2D eigenvalue weighted by Crippen LogP contribution is -2.32. The minimum atomic E-state index is 0.151. The van der Waals surface area contributed by atoms with Crippen LogP contribution in [0, 0.1) is 0 Å². The van der Waals surface area contributed by atoms with Gasteiger partial charge in [-0.2, -0.15) is 0 Å². The summed E-state index contributed by atoms with van der Waals surface area (Å²) in [4.78, 5) is 13.3. The van der Waals surface area contributed by atoms with Crippen molar-refractivity contribution >= 4 is 28.2 Å². The van der Waals surface area contributed by atoms with Gasteiger partial charge in [0.05, 0.1) is 4.88 Å². The third kappa shape index (κ3) is 2.88. The lowest BCUT2D eigenvalue weighted by molar-refractivity contribution is -0.663. The average Bonchev–Trinajstić information content (AvgIpc) is 3.26. The van der Waals surface area contributed by atoms with E-state index in [2.05, 4.69) is 41.0 Å². The number of para-hydroxylation sites is 2. The molecule has 0 fully saturated rings. The lowest BCUT2D eigenvalue weighted by Gasteiger charge is -1.98. The molecule has 0 unspecified atom stereocenters. The minimum Gasteiger partial charge on any atom is -0.289 e. The van der Waals surface area contributed by atoms with Crippen LogP contribution in [-0.2, 0) is 13.1 Å². The van der Waals surface area contributed by atoms with Crippen molar-refractivity contribution in [3.8, 4) is 0 Å². The van der Waals surface area contributed by atoms with Crippen LogP contribution in [0.2, 0.25) is 0 Å². The number of imidazole rings is 1. The van der Waals surface area contributed by atoms with Gasteiger partial charge in [0, 0.05) is 0 Å². The van der Waals surface area contributed by atoms with E-state index in [1.807, 2.05) is 46.6 Å². The molecule has 0 aliphatic rings. The second-order valence-corrected chi connectivity index (χ2v) is 6.69. The number of fused-ring (bicyclic) bond motifs is 1. The number of hydrogen-bond acceptors (Lipinski definition) is 2. The number of carbonyl (C=O) groups is 1. The number of carbonyl (C=O) groups excluding carboxylic acids is 1. The van der Waals surface area contributed by atoms with Crippen molar-refractivity contribution in [3.05, 3.63) is 88.9 Å². The SMILES string of the molecule is O=C(Cn1c[n+](Cc2ccccc2)c2ccccc21)c1cccs1. The molecular weight excluding hydrogens is 316 g/mol. The summed E-state index contributed by atoms with van der Waals surface area (Å²) in [6.45, 7) is 1.16. The van der Waals surface area contributed by atoms with E-state index in [9.17, 15) is 4.79 Å². The van der Waals surface area contributed by atoms with Gasteiger partial charge in [-0.3, -0.25) is 4.79 Å². The molecule has 0 saturated heterocycles. The van der Waals surface area contributed by atoms with E-state index in [0.29, 0.717) is 6.54 Å². The first-order valence-electron chi connectivity index (χ1n) is 7.89. The molecule has 3 nitrogen and oxygen atoms in total. The predicted molar refractivity (Wildman–Crippen MR) is 96.3 cm³/mol. The Labute approximate surface area is 144 Å². The van der Waals surface area contributed by atoms with Crippen molar-refractivity contribution in [1.29, 1.82) is 0 Å². The van der Waals surface area contributed by atoms with Crippen LogP contribution in [0.1, 0.15) is 15.2 Å².